The Morgan fingerprint density at radius 3 is 3.08 bits per heavy atom. The van der Waals surface area contributed by atoms with Gasteiger partial charge in [0.2, 0.25) is 0 Å². The van der Waals surface area contributed by atoms with Gasteiger partial charge in [-0.25, -0.2) is 0 Å². The Kier molecular flexibility index (Phi) is 2.09. The summed E-state index contributed by atoms with van der Waals surface area (Å²) >= 11 is 1.81. The zero-order chi connectivity index (χ0) is 8.39. The number of nitrogens with zero attached hydrogens (tertiary/aromatic N) is 1. The van der Waals surface area contributed by atoms with Crippen LogP contribution in [-0.2, 0) is 0 Å². The minimum atomic E-state index is 0.514. The number of thiophene rings is 1. The first-order valence-corrected chi connectivity index (χ1v) is 4.97. The third kappa shape index (κ3) is 1.48. The van der Waals surface area contributed by atoms with E-state index in [1.165, 1.54) is 10.4 Å². The lowest BCUT2D eigenvalue weighted by atomic mass is 9.98. The monoisotopic (exact) mass is 177 g/mol. The fourth-order valence-electron chi connectivity index (χ4n) is 1.36. The second-order valence-electron chi connectivity index (χ2n) is 3.02. The third-order valence-corrected chi connectivity index (χ3v) is 2.91. The predicted octanol–water partition coefficient (Wildman–Crippen LogP) is 3.13. The van der Waals surface area contributed by atoms with Gasteiger partial charge in [0.25, 0.3) is 0 Å². The summed E-state index contributed by atoms with van der Waals surface area (Å²) in [6.07, 6.45) is 7.12. The van der Waals surface area contributed by atoms with Gasteiger partial charge in [-0.3, -0.25) is 4.99 Å². The summed E-state index contributed by atoms with van der Waals surface area (Å²) in [7, 11) is 0. The second kappa shape index (κ2) is 3.23. The lowest BCUT2D eigenvalue weighted by Crippen LogP contribution is -1.99. The minimum absolute atomic E-state index is 0.514. The Labute approximate surface area is 76.5 Å². The van der Waals surface area contributed by atoms with Crippen molar-refractivity contribution in [1.82, 2.24) is 0 Å². The zero-order valence-corrected chi connectivity index (χ0v) is 7.84. The Balaban J connectivity index is 2.20. The van der Waals surface area contributed by atoms with Crippen LogP contribution in [-0.4, -0.2) is 6.21 Å². The molecular formula is C10H11NS. The third-order valence-electron chi connectivity index (χ3n) is 2.03. The number of allylic oxidation sites excluding steroid dienone is 1. The van der Waals surface area contributed by atoms with Crippen molar-refractivity contribution in [3.8, 4) is 0 Å². The summed E-state index contributed by atoms with van der Waals surface area (Å²) < 4.78 is 0. The maximum atomic E-state index is 4.14. The van der Waals surface area contributed by atoms with E-state index in [1.54, 1.807) is 0 Å². The molecule has 1 unspecified atom stereocenters. The van der Waals surface area contributed by atoms with Crippen molar-refractivity contribution in [2.75, 3.05) is 0 Å². The van der Waals surface area contributed by atoms with Gasteiger partial charge in [-0.2, -0.15) is 0 Å². The van der Waals surface area contributed by atoms with Crippen LogP contribution in [0.3, 0.4) is 0 Å². The van der Waals surface area contributed by atoms with E-state index in [0.29, 0.717) is 5.92 Å². The van der Waals surface area contributed by atoms with Crippen LogP contribution < -0.4 is 0 Å². The molecule has 0 N–H and O–H groups in total. The summed E-state index contributed by atoms with van der Waals surface area (Å²) in [6.45, 7) is 2.14. The number of hydrogen-bond donors (Lipinski definition) is 0. The SMILES string of the molecule is Cc1cc(C2C=NC=CC2)cs1. The average Bonchev–Trinajstić information content (AvgIpc) is 2.54. The first kappa shape index (κ1) is 7.74. The summed E-state index contributed by atoms with van der Waals surface area (Å²) in [5.41, 5.74) is 1.41. The van der Waals surface area contributed by atoms with Gasteiger partial charge in [0.1, 0.15) is 0 Å². The molecule has 1 nitrogen and oxygen atoms in total. The fraction of sp³-hybridized carbons (Fsp3) is 0.300. The highest BCUT2D eigenvalue weighted by Gasteiger charge is 2.09. The molecule has 0 saturated heterocycles. The molecule has 1 aliphatic rings. The fourth-order valence-corrected chi connectivity index (χ4v) is 2.13. The molecule has 0 saturated carbocycles. The van der Waals surface area contributed by atoms with Gasteiger partial charge >= 0.3 is 0 Å². The topological polar surface area (TPSA) is 12.4 Å². The molecule has 2 heterocycles. The molecule has 2 heteroatoms. The number of aryl methyl sites for hydroxylation is 1. The quantitative estimate of drug-likeness (QED) is 0.625. The number of hydrogen-bond acceptors (Lipinski definition) is 2. The van der Waals surface area contributed by atoms with Gasteiger partial charge in [-0.05, 0) is 30.4 Å². The summed E-state index contributed by atoms with van der Waals surface area (Å²) in [5, 5.41) is 2.23. The molecule has 2 rings (SSSR count). The Bertz CT molecular complexity index is 322. The van der Waals surface area contributed by atoms with Crippen LogP contribution in [0.15, 0.2) is 28.7 Å². The highest BCUT2D eigenvalue weighted by atomic mass is 32.1. The van der Waals surface area contributed by atoms with Crippen LogP contribution in [0.5, 0.6) is 0 Å². The number of rotatable bonds is 1. The molecule has 0 fully saturated rings. The van der Waals surface area contributed by atoms with Crippen molar-refractivity contribution in [3.63, 3.8) is 0 Å². The molecule has 0 amide bonds. The lowest BCUT2D eigenvalue weighted by molar-refractivity contribution is 0.913. The van der Waals surface area contributed by atoms with Gasteiger partial charge < -0.3 is 0 Å². The van der Waals surface area contributed by atoms with Crippen molar-refractivity contribution in [3.05, 3.63) is 34.2 Å². The van der Waals surface area contributed by atoms with Gasteiger partial charge in [-0.15, -0.1) is 11.3 Å². The van der Waals surface area contributed by atoms with Gasteiger partial charge in [-0.1, -0.05) is 6.08 Å². The maximum absolute atomic E-state index is 4.14. The normalized spacial score (nSPS) is 21.6. The van der Waals surface area contributed by atoms with Crippen molar-refractivity contribution in [2.45, 2.75) is 19.3 Å². The van der Waals surface area contributed by atoms with Crippen molar-refractivity contribution < 1.29 is 0 Å². The summed E-state index contributed by atoms with van der Waals surface area (Å²) in [4.78, 5) is 5.53. The van der Waals surface area contributed by atoms with Crippen LogP contribution in [0.25, 0.3) is 0 Å². The first-order valence-electron chi connectivity index (χ1n) is 4.09. The molecule has 0 aromatic carbocycles. The largest absolute Gasteiger partial charge is 0.269 e. The van der Waals surface area contributed by atoms with E-state index in [2.05, 4.69) is 29.4 Å². The van der Waals surface area contributed by atoms with Crippen LogP contribution in [0.2, 0.25) is 0 Å². The molecule has 0 radical (unpaired) electrons. The molecule has 1 aromatic heterocycles. The van der Waals surface area contributed by atoms with E-state index in [4.69, 9.17) is 0 Å². The molecule has 1 aliphatic heterocycles. The minimum Gasteiger partial charge on any atom is -0.269 e. The molecule has 1 atom stereocenters. The van der Waals surface area contributed by atoms with Crippen LogP contribution >= 0.6 is 11.3 Å². The van der Waals surface area contributed by atoms with E-state index in [0.717, 1.165) is 6.42 Å². The average molecular weight is 177 g/mol. The molecule has 0 aliphatic carbocycles. The maximum Gasteiger partial charge on any atom is 0.0237 e. The molecule has 62 valence electrons. The smallest absolute Gasteiger partial charge is 0.0237 e. The summed E-state index contributed by atoms with van der Waals surface area (Å²) in [6, 6.07) is 2.25. The van der Waals surface area contributed by atoms with E-state index in [9.17, 15) is 0 Å². The van der Waals surface area contributed by atoms with E-state index in [1.807, 2.05) is 23.8 Å². The van der Waals surface area contributed by atoms with E-state index in [-0.39, 0.29) is 0 Å². The molecule has 12 heavy (non-hydrogen) atoms. The number of aliphatic imine (C=N–C) groups is 1. The highest BCUT2D eigenvalue weighted by Crippen LogP contribution is 2.25. The van der Waals surface area contributed by atoms with Gasteiger partial charge in [0.15, 0.2) is 0 Å². The first-order chi connectivity index (χ1) is 5.86. The van der Waals surface area contributed by atoms with E-state index >= 15 is 0 Å². The Morgan fingerprint density at radius 2 is 2.50 bits per heavy atom. The Hall–Kier alpha value is -0.890. The van der Waals surface area contributed by atoms with Gasteiger partial charge in [0, 0.05) is 23.2 Å². The molecular weight excluding hydrogens is 166 g/mol. The summed E-state index contributed by atoms with van der Waals surface area (Å²) in [5.74, 6) is 0.514. The van der Waals surface area contributed by atoms with Gasteiger partial charge in [0.05, 0.1) is 0 Å². The molecule has 0 spiro atoms. The van der Waals surface area contributed by atoms with Crippen LogP contribution in [0, 0.1) is 6.92 Å². The van der Waals surface area contributed by atoms with Crippen molar-refractivity contribution in [2.24, 2.45) is 4.99 Å². The van der Waals surface area contributed by atoms with Crippen molar-refractivity contribution >= 4 is 17.6 Å². The molecule has 1 aromatic rings. The van der Waals surface area contributed by atoms with Crippen molar-refractivity contribution in [1.29, 1.82) is 0 Å². The second-order valence-corrected chi connectivity index (χ2v) is 4.13. The zero-order valence-electron chi connectivity index (χ0n) is 7.03. The standard InChI is InChI=1S/C10H11NS/c1-8-5-10(7-12-8)9-3-2-4-11-6-9/h2,4-7,9H,3H2,1H3. The highest BCUT2D eigenvalue weighted by molar-refractivity contribution is 7.10. The lowest BCUT2D eigenvalue weighted by Gasteiger charge is -2.09. The van der Waals surface area contributed by atoms with Crippen LogP contribution in [0.1, 0.15) is 22.8 Å². The van der Waals surface area contributed by atoms with E-state index < -0.39 is 0 Å². The Morgan fingerprint density at radius 1 is 1.58 bits per heavy atom. The van der Waals surface area contributed by atoms with Crippen LogP contribution in [0.4, 0.5) is 0 Å². The molecule has 0 bridgehead atoms. The predicted molar refractivity (Wildman–Crippen MR) is 54.0 cm³/mol.